The number of ether oxygens (including phenoxy) is 1. The van der Waals surface area contributed by atoms with E-state index in [1.165, 1.54) is 59.3 Å². The average molecular weight is 518 g/mol. The zero-order valence-electron chi connectivity index (χ0n) is 18.0. The van der Waals surface area contributed by atoms with E-state index in [2.05, 4.69) is 0 Å². The van der Waals surface area contributed by atoms with Crippen molar-refractivity contribution < 1.29 is 22.3 Å². The predicted molar refractivity (Wildman–Crippen MR) is 128 cm³/mol. The molecule has 2 heterocycles. The lowest BCUT2D eigenvalue weighted by molar-refractivity contribution is 0.0624. The molecule has 3 aromatic rings. The highest BCUT2D eigenvalue weighted by Gasteiger charge is 2.30. The van der Waals surface area contributed by atoms with Crippen LogP contribution in [0.5, 0.6) is 0 Å². The molecule has 1 aromatic heterocycles. The van der Waals surface area contributed by atoms with Crippen molar-refractivity contribution in [3.8, 4) is 6.07 Å². The van der Waals surface area contributed by atoms with Crippen LogP contribution >= 0.6 is 23.3 Å². The van der Waals surface area contributed by atoms with Crippen molar-refractivity contribution in [2.75, 3.05) is 18.5 Å². The van der Waals surface area contributed by atoms with Gasteiger partial charge in [-0.05, 0) is 73.0 Å². The fraction of sp³-hybridized carbons (Fsp3) is 0.217. The van der Waals surface area contributed by atoms with E-state index in [4.69, 9.17) is 10.00 Å². The van der Waals surface area contributed by atoms with Crippen LogP contribution in [0, 0.1) is 17.1 Å². The predicted octanol–water partition coefficient (Wildman–Crippen LogP) is 5.29. The van der Waals surface area contributed by atoms with Crippen LogP contribution < -0.4 is 4.90 Å². The SMILES string of the molecule is CN(C(=O)O[C@H]1CCCN1Sc1cccc(S(=O)(=O)c2ccc(C#N)s2)c1)c1ccc(F)cc1. The monoisotopic (exact) mass is 517 g/mol. The van der Waals surface area contributed by atoms with Gasteiger partial charge in [0.15, 0.2) is 6.23 Å². The minimum atomic E-state index is -3.75. The Morgan fingerprint density at radius 3 is 2.71 bits per heavy atom. The minimum Gasteiger partial charge on any atom is -0.429 e. The van der Waals surface area contributed by atoms with Crippen molar-refractivity contribution in [3.63, 3.8) is 0 Å². The van der Waals surface area contributed by atoms with Gasteiger partial charge < -0.3 is 4.74 Å². The molecule has 0 bridgehead atoms. The van der Waals surface area contributed by atoms with Crippen molar-refractivity contribution in [1.82, 2.24) is 4.31 Å². The van der Waals surface area contributed by atoms with Gasteiger partial charge in [-0.2, -0.15) is 5.26 Å². The zero-order chi connectivity index (χ0) is 24.3. The summed E-state index contributed by atoms with van der Waals surface area (Å²) in [7, 11) is -2.19. The minimum absolute atomic E-state index is 0.114. The van der Waals surface area contributed by atoms with E-state index in [0.717, 1.165) is 17.8 Å². The Hall–Kier alpha value is -2.91. The number of rotatable bonds is 6. The quantitative estimate of drug-likeness (QED) is 0.410. The molecule has 0 N–H and O–H groups in total. The number of hydrogen-bond acceptors (Lipinski definition) is 8. The molecular weight excluding hydrogens is 497 g/mol. The Kier molecular flexibility index (Phi) is 7.23. The lowest BCUT2D eigenvalue weighted by atomic mass is 10.3. The summed E-state index contributed by atoms with van der Waals surface area (Å²) in [4.78, 5) is 15.1. The Balaban J connectivity index is 1.45. The molecule has 0 radical (unpaired) electrons. The number of sulfone groups is 1. The molecule has 1 aliphatic heterocycles. The summed E-state index contributed by atoms with van der Waals surface area (Å²) in [5.74, 6) is -0.391. The average Bonchev–Trinajstić information content (AvgIpc) is 3.49. The number of nitriles is 1. The highest BCUT2D eigenvalue weighted by molar-refractivity contribution is 7.97. The molecule has 1 saturated heterocycles. The maximum Gasteiger partial charge on any atom is 0.415 e. The Labute approximate surface area is 205 Å². The molecule has 2 aromatic carbocycles. The third-order valence-electron chi connectivity index (χ3n) is 5.17. The molecule has 34 heavy (non-hydrogen) atoms. The maximum atomic E-state index is 13.2. The zero-order valence-corrected chi connectivity index (χ0v) is 20.5. The van der Waals surface area contributed by atoms with E-state index >= 15 is 0 Å². The summed E-state index contributed by atoms with van der Waals surface area (Å²) >= 11 is 2.25. The number of hydrogen-bond donors (Lipinski definition) is 0. The third kappa shape index (κ3) is 5.26. The van der Waals surface area contributed by atoms with E-state index in [1.807, 2.05) is 10.4 Å². The lowest BCUT2D eigenvalue weighted by Gasteiger charge is -2.26. The first-order chi connectivity index (χ1) is 16.3. The molecule has 0 spiro atoms. The van der Waals surface area contributed by atoms with E-state index in [9.17, 15) is 17.6 Å². The summed E-state index contributed by atoms with van der Waals surface area (Å²) in [5, 5.41) is 8.99. The number of anilines is 1. The molecule has 4 rings (SSSR count). The third-order valence-corrected chi connectivity index (χ3v) is 9.52. The molecule has 1 fully saturated rings. The molecule has 7 nitrogen and oxygen atoms in total. The molecule has 176 valence electrons. The topological polar surface area (TPSA) is 90.7 Å². The van der Waals surface area contributed by atoms with E-state index in [-0.39, 0.29) is 9.10 Å². The highest BCUT2D eigenvalue weighted by Crippen LogP contribution is 2.35. The Morgan fingerprint density at radius 2 is 2.00 bits per heavy atom. The summed E-state index contributed by atoms with van der Waals surface area (Å²) in [6.45, 7) is 0.663. The van der Waals surface area contributed by atoms with Crippen LogP contribution in [0.2, 0.25) is 0 Å². The second-order valence-electron chi connectivity index (χ2n) is 7.46. The molecule has 1 atom stereocenters. The number of carbonyl (C=O) groups excluding carboxylic acids is 1. The number of thiophene rings is 1. The van der Waals surface area contributed by atoms with Gasteiger partial charge in [-0.15, -0.1) is 11.3 Å². The van der Waals surface area contributed by atoms with Gasteiger partial charge in [0, 0.05) is 30.6 Å². The van der Waals surface area contributed by atoms with Crippen LogP contribution in [0.15, 0.2) is 74.7 Å². The second kappa shape index (κ2) is 10.1. The van der Waals surface area contributed by atoms with E-state index in [0.29, 0.717) is 28.4 Å². The van der Waals surface area contributed by atoms with E-state index < -0.39 is 28.0 Å². The largest absolute Gasteiger partial charge is 0.429 e. The Bertz CT molecular complexity index is 1340. The number of halogens is 1. The van der Waals surface area contributed by atoms with Crippen molar-refractivity contribution in [3.05, 3.63) is 71.4 Å². The second-order valence-corrected chi connectivity index (χ2v) is 11.8. The maximum absolute atomic E-state index is 13.2. The fourth-order valence-corrected chi connectivity index (χ4v) is 7.07. The van der Waals surface area contributed by atoms with Gasteiger partial charge in [0.1, 0.15) is 21.0 Å². The van der Waals surface area contributed by atoms with Crippen LogP contribution in [0.25, 0.3) is 0 Å². The molecule has 1 aliphatic rings. The molecule has 1 amide bonds. The van der Waals surface area contributed by atoms with Gasteiger partial charge in [-0.1, -0.05) is 6.07 Å². The lowest BCUT2D eigenvalue weighted by Crippen LogP contribution is -2.35. The fourth-order valence-electron chi connectivity index (χ4n) is 3.37. The molecular formula is C23H20FN3O4S3. The van der Waals surface area contributed by atoms with Crippen molar-refractivity contribution in [1.29, 1.82) is 5.26 Å². The van der Waals surface area contributed by atoms with Crippen molar-refractivity contribution >= 4 is 44.9 Å². The summed E-state index contributed by atoms with van der Waals surface area (Å²) in [5.41, 5.74) is 0.509. The van der Waals surface area contributed by atoms with Crippen molar-refractivity contribution in [2.45, 2.75) is 33.1 Å². The van der Waals surface area contributed by atoms with Gasteiger partial charge in [0.25, 0.3) is 0 Å². The number of nitrogens with zero attached hydrogens (tertiary/aromatic N) is 3. The smallest absolute Gasteiger partial charge is 0.415 e. The van der Waals surface area contributed by atoms with Gasteiger partial charge >= 0.3 is 6.09 Å². The number of amides is 1. The van der Waals surface area contributed by atoms with Gasteiger partial charge in [-0.3, -0.25) is 4.90 Å². The van der Waals surface area contributed by atoms with Gasteiger partial charge in [0.2, 0.25) is 9.84 Å². The first kappa shape index (κ1) is 24.2. The number of benzene rings is 2. The Morgan fingerprint density at radius 1 is 1.24 bits per heavy atom. The standard InChI is InChI=1S/C23H20FN3O4S3/c1-26(17-9-7-16(24)8-10-17)23(28)31-21-6-3-13-27(21)33-18-4-2-5-20(14-18)34(29,30)22-12-11-19(15-25)32-22/h2,4-5,7-12,14,21H,3,6,13H2,1H3/t21-/m0/s1. The van der Waals surface area contributed by atoms with Crippen LogP contribution in [0.3, 0.4) is 0 Å². The number of carbonyl (C=O) groups is 1. The van der Waals surface area contributed by atoms with E-state index in [1.54, 1.807) is 25.2 Å². The normalized spacial score (nSPS) is 16.2. The molecule has 0 saturated carbocycles. The summed E-state index contributed by atoms with van der Waals surface area (Å²) in [6.07, 6.45) is 0.401. The highest BCUT2D eigenvalue weighted by atomic mass is 32.2. The van der Waals surface area contributed by atoms with Crippen LogP contribution in [-0.2, 0) is 14.6 Å². The van der Waals surface area contributed by atoms with Gasteiger partial charge in [0.05, 0.1) is 4.90 Å². The summed E-state index contributed by atoms with van der Waals surface area (Å²) < 4.78 is 46.8. The van der Waals surface area contributed by atoms with Crippen LogP contribution in [0.4, 0.5) is 14.9 Å². The van der Waals surface area contributed by atoms with Crippen LogP contribution in [-0.4, -0.2) is 38.6 Å². The molecule has 0 aliphatic carbocycles. The van der Waals surface area contributed by atoms with Crippen LogP contribution in [0.1, 0.15) is 17.7 Å². The first-order valence-electron chi connectivity index (χ1n) is 10.3. The van der Waals surface area contributed by atoms with Gasteiger partial charge in [-0.25, -0.2) is 21.9 Å². The molecule has 11 heteroatoms. The van der Waals surface area contributed by atoms with Crippen molar-refractivity contribution in [2.24, 2.45) is 0 Å². The molecule has 0 unspecified atom stereocenters. The summed E-state index contributed by atoms with van der Waals surface area (Å²) in [6, 6.07) is 17.0. The first-order valence-corrected chi connectivity index (χ1v) is 13.3.